The van der Waals surface area contributed by atoms with Gasteiger partial charge in [-0.15, -0.1) is 0 Å². The van der Waals surface area contributed by atoms with E-state index in [4.69, 9.17) is 4.74 Å². The van der Waals surface area contributed by atoms with Gasteiger partial charge in [0.1, 0.15) is 11.7 Å². The van der Waals surface area contributed by atoms with Crippen LogP contribution in [0.15, 0.2) is 40.9 Å². The Bertz CT molecular complexity index is 443. The van der Waals surface area contributed by atoms with Gasteiger partial charge >= 0.3 is 5.97 Å². The Morgan fingerprint density at radius 1 is 1.33 bits per heavy atom. The van der Waals surface area contributed by atoms with E-state index in [9.17, 15) is 9.90 Å². The van der Waals surface area contributed by atoms with E-state index in [0.717, 1.165) is 4.47 Å². The highest BCUT2D eigenvalue weighted by Gasteiger charge is 2.24. The Morgan fingerprint density at radius 2 is 1.83 bits per heavy atom. The molecule has 1 rings (SSSR count). The molecule has 1 aromatic rings. The minimum atomic E-state index is -1.05. The molecule has 0 fully saturated rings. The number of hydrogen-bond donors (Lipinski definition) is 1. The molecule has 1 unspecified atom stereocenters. The second kappa shape index (κ2) is 5.67. The molecule has 0 amide bonds. The Balaban J connectivity index is 2.78. The molecule has 1 atom stereocenters. The van der Waals surface area contributed by atoms with Gasteiger partial charge in [-0.3, -0.25) is 0 Å². The lowest BCUT2D eigenvalue weighted by molar-refractivity contribution is -0.151. The van der Waals surface area contributed by atoms with Gasteiger partial charge in [0.15, 0.2) is 0 Å². The predicted molar refractivity (Wildman–Crippen MR) is 74.1 cm³/mol. The van der Waals surface area contributed by atoms with Gasteiger partial charge in [0.2, 0.25) is 0 Å². The number of aliphatic hydroxyl groups excluding tert-OH is 1. The van der Waals surface area contributed by atoms with Crippen LogP contribution < -0.4 is 0 Å². The molecule has 0 aliphatic heterocycles. The first kappa shape index (κ1) is 14.9. The highest BCUT2D eigenvalue weighted by molar-refractivity contribution is 9.10. The van der Waals surface area contributed by atoms with Crippen molar-refractivity contribution >= 4 is 21.9 Å². The van der Waals surface area contributed by atoms with Crippen LogP contribution in [0.2, 0.25) is 0 Å². The summed E-state index contributed by atoms with van der Waals surface area (Å²) in [5.74, 6) is -0.585. The molecule has 4 heteroatoms. The van der Waals surface area contributed by atoms with Crippen LogP contribution in [-0.2, 0) is 9.53 Å². The largest absolute Gasteiger partial charge is 0.457 e. The normalized spacial score (nSPS) is 12.9. The Hall–Kier alpha value is -1.13. The van der Waals surface area contributed by atoms with Gasteiger partial charge in [0, 0.05) is 4.47 Å². The standard InChI is InChI=1S/C14H17BrO3/c1-9(13(17)18-14(2,3)4)12(16)10-5-7-11(15)8-6-10/h5-8,12,16H,1H2,2-4H3. The number of rotatable bonds is 3. The van der Waals surface area contributed by atoms with E-state index >= 15 is 0 Å². The molecule has 0 aliphatic carbocycles. The van der Waals surface area contributed by atoms with Crippen molar-refractivity contribution in [1.29, 1.82) is 0 Å². The van der Waals surface area contributed by atoms with Crippen LogP contribution in [0.4, 0.5) is 0 Å². The molecule has 0 aliphatic rings. The maximum atomic E-state index is 11.7. The first-order chi connectivity index (χ1) is 8.20. The van der Waals surface area contributed by atoms with Crippen LogP contribution in [0.25, 0.3) is 0 Å². The molecular weight excluding hydrogens is 296 g/mol. The number of carbonyl (C=O) groups excluding carboxylic acids is 1. The predicted octanol–water partition coefficient (Wildman–Crippen LogP) is 3.38. The van der Waals surface area contributed by atoms with Gasteiger partial charge in [-0.2, -0.15) is 0 Å². The number of aliphatic hydroxyl groups is 1. The summed E-state index contributed by atoms with van der Waals surface area (Å²) in [5, 5.41) is 10.0. The minimum absolute atomic E-state index is 0.0345. The zero-order valence-corrected chi connectivity index (χ0v) is 12.3. The van der Waals surface area contributed by atoms with Gasteiger partial charge in [-0.25, -0.2) is 4.79 Å². The molecule has 0 saturated heterocycles. The molecular formula is C14H17BrO3. The third-order valence-electron chi connectivity index (χ3n) is 2.18. The highest BCUT2D eigenvalue weighted by Crippen LogP contribution is 2.24. The third kappa shape index (κ3) is 4.27. The Labute approximate surface area is 116 Å². The SMILES string of the molecule is C=C(C(=O)OC(C)(C)C)C(O)c1ccc(Br)cc1. The lowest BCUT2D eigenvalue weighted by atomic mass is 10.0. The number of halogens is 1. The average molecular weight is 313 g/mol. The molecule has 3 nitrogen and oxygen atoms in total. The molecule has 0 saturated carbocycles. The fraction of sp³-hybridized carbons (Fsp3) is 0.357. The fourth-order valence-corrected chi connectivity index (χ4v) is 1.57. The summed E-state index contributed by atoms with van der Waals surface area (Å²) >= 11 is 3.30. The van der Waals surface area contributed by atoms with Crippen molar-refractivity contribution in [3.05, 3.63) is 46.5 Å². The van der Waals surface area contributed by atoms with Crippen molar-refractivity contribution in [3.63, 3.8) is 0 Å². The minimum Gasteiger partial charge on any atom is -0.457 e. The molecule has 0 radical (unpaired) electrons. The van der Waals surface area contributed by atoms with Crippen molar-refractivity contribution < 1.29 is 14.6 Å². The average Bonchev–Trinajstić information content (AvgIpc) is 2.26. The van der Waals surface area contributed by atoms with Gasteiger partial charge in [0.05, 0.1) is 5.57 Å². The number of ether oxygens (including phenoxy) is 1. The number of carbonyl (C=O) groups is 1. The summed E-state index contributed by atoms with van der Waals surface area (Å²) in [6, 6.07) is 7.04. The van der Waals surface area contributed by atoms with E-state index in [1.807, 2.05) is 0 Å². The van der Waals surface area contributed by atoms with Gasteiger partial charge in [-0.1, -0.05) is 34.6 Å². The maximum Gasteiger partial charge on any atom is 0.336 e. The topological polar surface area (TPSA) is 46.5 Å². The quantitative estimate of drug-likeness (QED) is 0.687. The van der Waals surface area contributed by atoms with E-state index in [1.165, 1.54) is 0 Å². The van der Waals surface area contributed by atoms with Crippen LogP contribution in [0.5, 0.6) is 0 Å². The molecule has 0 spiro atoms. The summed E-state index contributed by atoms with van der Waals surface area (Å²) in [6.07, 6.45) is -1.05. The van der Waals surface area contributed by atoms with Crippen LogP contribution in [0, 0.1) is 0 Å². The molecule has 1 N–H and O–H groups in total. The molecule has 0 heterocycles. The second-order valence-corrected chi connectivity index (χ2v) is 5.90. The van der Waals surface area contributed by atoms with Gasteiger partial charge < -0.3 is 9.84 Å². The summed E-state index contributed by atoms with van der Waals surface area (Å²) < 4.78 is 6.06. The van der Waals surface area contributed by atoms with E-state index in [2.05, 4.69) is 22.5 Å². The zero-order chi connectivity index (χ0) is 13.9. The van der Waals surface area contributed by atoms with Crippen LogP contribution in [0.1, 0.15) is 32.4 Å². The lowest BCUT2D eigenvalue weighted by Gasteiger charge is -2.22. The van der Waals surface area contributed by atoms with E-state index in [0.29, 0.717) is 5.56 Å². The van der Waals surface area contributed by atoms with Crippen molar-refractivity contribution in [2.75, 3.05) is 0 Å². The number of benzene rings is 1. The monoisotopic (exact) mass is 312 g/mol. The molecule has 0 aromatic heterocycles. The van der Waals surface area contributed by atoms with E-state index < -0.39 is 17.7 Å². The number of hydrogen-bond acceptors (Lipinski definition) is 3. The van der Waals surface area contributed by atoms with Gasteiger partial charge in [-0.05, 0) is 38.5 Å². The van der Waals surface area contributed by atoms with Crippen molar-refractivity contribution in [2.24, 2.45) is 0 Å². The molecule has 18 heavy (non-hydrogen) atoms. The Kier molecular flexibility index (Phi) is 4.71. The zero-order valence-electron chi connectivity index (χ0n) is 10.7. The molecule has 98 valence electrons. The van der Waals surface area contributed by atoms with Crippen molar-refractivity contribution in [3.8, 4) is 0 Å². The summed E-state index contributed by atoms with van der Waals surface area (Å²) in [5.41, 5.74) is 0.0423. The highest BCUT2D eigenvalue weighted by atomic mass is 79.9. The molecule has 0 bridgehead atoms. The van der Waals surface area contributed by atoms with Gasteiger partial charge in [0.25, 0.3) is 0 Å². The molecule has 1 aromatic carbocycles. The summed E-state index contributed by atoms with van der Waals surface area (Å²) in [6.45, 7) is 8.91. The lowest BCUT2D eigenvalue weighted by Crippen LogP contribution is -2.26. The first-order valence-corrected chi connectivity index (χ1v) is 6.35. The Morgan fingerprint density at radius 3 is 2.28 bits per heavy atom. The summed E-state index contributed by atoms with van der Waals surface area (Å²) in [4.78, 5) is 11.7. The summed E-state index contributed by atoms with van der Waals surface area (Å²) in [7, 11) is 0. The number of esters is 1. The first-order valence-electron chi connectivity index (χ1n) is 5.56. The maximum absolute atomic E-state index is 11.7. The van der Waals surface area contributed by atoms with Crippen molar-refractivity contribution in [2.45, 2.75) is 32.5 Å². The smallest absolute Gasteiger partial charge is 0.336 e. The van der Waals surface area contributed by atoms with E-state index in [-0.39, 0.29) is 5.57 Å². The van der Waals surface area contributed by atoms with E-state index in [1.54, 1.807) is 45.0 Å². The van der Waals surface area contributed by atoms with Crippen LogP contribution in [-0.4, -0.2) is 16.7 Å². The van der Waals surface area contributed by atoms with Crippen molar-refractivity contribution in [1.82, 2.24) is 0 Å². The van der Waals surface area contributed by atoms with Crippen LogP contribution in [0.3, 0.4) is 0 Å². The van der Waals surface area contributed by atoms with Crippen LogP contribution >= 0.6 is 15.9 Å². The second-order valence-electron chi connectivity index (χ2n) is 4.98. The third-order valence-corrected chi connectivity index (χ3v) is 2.71. The fourth-order valence-electron chi connectivity index (χ4n) is 1.30.